The molecular formula is C25H30N2O5. The van der Waals surface area contributed by atoms with E-state index in [2.05, 4.69) is 12.1 Å². The summed E-state index contributed by atoms with van der Waals surface area (Å²) in [6.07, 6.45) is 0.976. The molecule has 7 nitrogen and oxygen atoms in total. The number of primary amides is 1. The normalized spacial score (nSPS) is 23.6. The van der Waals surface area contributed by atoms with Crippen LogP contribution in [0.3, 0.4) is 0 Å². The Morgan fingerprint density at radius 3 is 2.38 bits per heavy atom. The molecule has 0 bridgehead atoms. The lowest BCUT2D eigenvalue weighted by molar-refractivity contribution is -0.143. The first-order chi connectivity index (χ1) is 15.2. The highest BCUT2D eigenvalue weighted by atomic mass is 16.5. The molecule has 7 heteroatoms. The van der Waals surface area contributed by atoms with E-state index >= 15 is 0 Å². The fourth-order valence-electron chi connectivity index (χ4n) is 5.02. The summed E-state index contributed by atoms with van der Waals surface area (Å²) in [7, 11) is 1.61. The van der Waals surface area contributed by atoms with Crippen LogP contribution >= 0.6 is 0 Å². The molecule has 1 aliphatic heterocycles. The Morgan fingerprint density at radius 2 is 1.81 bits per heavy atom. The molecule has 0 radical (unpaired) electrons. The standard InChI is InChI=1S/C25H30N2O5/c1-15(28)25(2)14-27(24(30)23(26)29)13-20(25)18-8-9-21(31-3)22(12-18)32-19-10-16-6-4-5-7-17(16)11-19/h4-9,12,15,19-20,28H,10-11,13-14H2,1-3H3,(H2,26,29)/t15-,20+,25+/m1/s1. The van der Waals surface area contributed by atoms with Crippen molar-refractivity contribution in [3.8, 4) is 11.5 Å². The molecule has 3 N–H and O–H groups in total. The second-order valence-electron chi connectivity index (χ2n) is 9.11. The molecule has 0 unspecified atom stereocenters. The van der Waals surface area contributed by atoms with Crippen LogP contribution in [0.25, 0.3) is 0 Å². The summed E-state index contributed by atoms with van der Waals surface area (Å²) in [5, 5.41) is 10.6. The highest BCUT2D eigenvalue weighted by molar-refractivity contribution is 6.34. The number of benzene rings is 2. The minimum Gasteiger partial charge on any atom is -0.493 e. The summed E-state index contributed by atoms with van der Waals surface area (Å²) in [6, 6.07) is 14.1. The molecule has 3 atom stereocenters. The third kappa shape index (κ3) is 3.93. The Bertz CT molecular complexity index is 1010. The second-order valence-corrected chi connectivity index (χ2v) is 9.11. The first-order valence-electron chi connectivity index (χ1n) is 10.9. The minimum absolute atomic E-state index is 0.0104. The highest BCUT2D eigenvalue weighted by Gasteiger charge is 2.49. The van der Waals surface area contributed by atoms with Gasteiger partial charge in [0, 0.05) is 37.3 Å². The molecule has 2 aliphatic rings. The van der Waals surface area contributed by atoms with Crippen LogP contribution in [0.4, 0.5) is 0 Å². The van der Waals surface area contributed by atoms with Gasteiger partial charge < -0.3 is 25.2 Å². The zero-order valence-electron chi connectivity index (χ0n) is 18.7. The number of ether oxygens (including phenoxy) is 2. The van der Waals surface area contributed by atoms with Gasteiger partial charge in [0.15, 0.2) is 11.5 Å². The van der Waals surface area contributed by atoms with Crippen molar-refractivity contribution in [2.45, 2.75) is 44.8 Å². The molecule has 170 valence electrons. The van der Waals surface area contributed by atoms with Crippen LogP contribution in [0.2, 0.25) is 0 Å². The summed E-state index contributed by atoms with van der Waals surface area (Å²) >= 11 is 0. The fourth-order valence-corrected chi connectivity index (χ4v) is 5.02. The largest absolute Gasteiger partial charge is 0.493 e. The van der Waals surface area contributed by atoms with Crippen molar-refractivity contribution in [3.63, 3.8) is 0 Å². The number of fused-ring (bicyclic) bond motifs is 1. The zero-order chi connectivity index (χ0) is 23.0. The van der Waals surface area contributed by atoms with Gasteiger partial charge in [-0.1, -0.05) is 37.3 Å². The quantitative estimate of drug-likeness (QED) is 0.696. The van der Waals surface area contributed by atoms with Gasteiger partial charge >= 0.3 is 11.8 Å². The van der Waals surface area contributed by atoms with Crippen LogP contribution < -0.4 is 15.2 Å². The maximum atomic E-state index is 12.3. The zero-order valence-corrected chi connectivity index (χ0v) is 18.7. The first kappa shape index (κ1) is 22.1. The molecule has 2 amide bonds. The third-order valence-electron chi connectivity index (χ3n) is 7.08. The van der Waals surface area contributed by atoms with Gasteiger partial charge in [0.1, 0.15) is 6.10 Å². The van der Waals surface area contributed by atoms with Crippen molar-refractivity contribution in [1.29, 1.82) is 0 Å². The Balaban J connectivity index is 1.62. The number of hydrogen-bond acceptors (Lipinski definition) is 5. The average molecular weight is 439 g/mol. The van der Waals surface area contributed by atoms with Crippen LogP contribution in [0.5, 0.6) is 11.5 Å². The number of rotatable bonds is 5. The third-order valence-corrected chi connectivity index (χ3v) is 7.08. The van der Waals surface area contributed by atoms with E-state index in [1.54, 1.807) is 14.0 Å². The van der Waals surface area contributed by atoms with Gasteiger partial charge in [0.2, 0.25) is 0 Å². The molecule has 4 rings (SSSR count). The molecule has 1 fully saturated rings. The van der Waals surface area contributed by atoms with Gasteiger partial charge in [-0.15, -0.1) is 0 Å². The number of aliphatic hydroxyl groups is 1. The Hall–Kier alpha value is -3.06. The van der Waals surface area contributed by atoms with Crippen LogP contribution in [0, 0.1) is 5.41 Å². The number of amides is 2. The van der Waals surface area contributed by atoms with E-state index in [9.17, 15) is 14.7 Å². The van der Waals surface area contributed by atoms with Gasteiger partial charge in [0.05, 0.1) is 13.2 Å². The van der Waals surface area contributed by atoms with E-state index in [1.807, 2.05) is 37.3 Å². The van der Waals surface area contributed by atoms with Crippen LogP contribution in [0.1, 0.15) is 36.5 Å². The molecule has 0 saturated carbocycles. The van der Waals surface area contributed by atoms with Gasteiger partial charge in [0.25, 0.3) is 0 Å². The Labute approximate surface area is 188 Å². The highest BCUT2D eigenvalue weighted by Crippen LogP contribution is 2.47. The summed E-state index contributed by atoms with van der Waals surface area (Å²) in [4.78, 5) is 25.2. The van der Waals surface area contributed by atoms with Crippen molar-refractivity contribution in [1.82, 2.24) is 4.90 Å². The van der Waals surface area contributed by atoms with Gasteiger partial charge in [-0.25, -0.2) is 0 Å². The van der Waals surface area contributed by atoms with Crippen LogP contribution in [0.15, 0.2) is 42.5 Å². The van der Waals surface area contributed by atoms with E-state index < -0.39 is 23.3 Å². The first-order valence-corrected chi connectivity index (χ1v) is 10.9. The van der Waals surface area contributed by atoms with Gasteiger partial charge in [-0.2, -0.15) is 0 Å². The van der Waals surface area contributed by atoms with Crippen molar-refractivity contribution in [2.24, 2.45) is 11.1 Å². The second kappa shape index (κ2) is 8.47. The maximum Gasteiger partial charge on any atom is 0.311 e. The Kier molecular flexibility index (Phi) is 5.86. The predicted molar refractivity (Wildman–Crippen MR) is 120 cm³/mol. The lowest BCUT2D eigenvalue weighted by Gasteiger charge is -2.34. The van der Waals surface area contributed by atoms with E-state index in [4.69, 9.17) is 15.2 Å². The molecule has 2 aromatic rings. The number of carbonyl (C=O) groups excluding carboxylic acids is 2. The fraction of sp³-hybridized carbons (Fsp3) is 0.440. The van der Waals surface area contributed by atoms with Crippen LogP contribution in [-0.2, 0) is 22.4 Å². The van der Waals surface area contributed by atoms with Crippen LogP contribution in [-0.4, -0.2) is 54.2 Å². The summed E-state index contributed by atoms with van der Waals surface area (Å²) in [6.45, 7) is 4.18. The number of methoxy groups -OCH3 is 1. The number of aliphatic hydroxyl groups excluding tert-OH is 1. The van der Waals surface area contributed by atoms with E-state index in [0.717, 1.165) is 18.4 Å². The lowest BCUT2D eigenvalue weighted by atomic mass is 9.72. The smallest absolute Gasteiger partial charge is 0.311 e. The van der Waals surface area contributed by atoms with Crippen molar-refractivity contribution < 1.29 is 24.2 Å². The van der Waals surface area contributed by atoms with Gasteiger partial charge in [-0.3, -0.25) is 9.59 Å². The van der Waals surface area contributed by atoms with Crippen molar-refractivity contribution >= 4 is 11.8 Å². The van der Waals surface area contributed by atoms with E-state index in [1.165, 1.54) is 16.0 Å². The van der Waals surface area contributed by atoms with Gasteiger partial charge in [-0.05, 0) is 35.7 Å². The topological polar surface area (TPSA) is 102 Å². The summed E-state index contributed by atoms with van der Waals surface area (Å²) < 4.78 is 11.9. The molecule has 0 spiro atoms. The number of hydrogen-bond donors (Lipinski definition) is 2. The summed E-state index contributed by atoms with van der Waals surface area (Å²) in [5.41, 5.74) is 8.10. The van der Waals surface area contributed by atoms with E-state index in [-0.39, 0.29) is 18.6 Å². The lowest BCUT2D eigenvalue weighted by Crippen LogP contribution is -2.41. The molecule has 0 aromatic heterocycles. The number of carbonyl (C=O) groups is 2. The molecule has 1 heterocycles. The van der Waals surface area contributed by atoms with Crippen molar-refractivity contribution in [3.05, 3.63) is 59.2 Å². The van der Waals surface area contributed by atoms with Crippen molar-refractivity contribution in [2.75, 3.05) is 20.2 Å². The number of nitrogens with two attached hydrogens (primary N) is 1. The molecule has 2 aromatic carbocycles. The molecule has 32 heavy (non-hydrogen) atoms. The SMILES string of the molecule is COc1ccc([C@@H]2CN(C(=O)C(N)=O)C[C@@]2(C)[C@@H](C)O)cc1OC1Cc2ccccc2C1. The van der Waals surface area contributed by atoms with E-state index in [0.29, 0.717) is 18.0 Å². The molecular weight excluding hydrogens is 408 g/mol. The monoisotopic (exact) mass is 438 g/mol. The predicted octanol–water partition coefficient (Wildman–Crippen LogP) is 2.04. The molecule has 1 saturated heterocycles. The number of likely N-dealkylation sites (tertiary alicyclic amines) is 1. The minimum atomic E-state index is -0.988. The average Bonchev–Trinajstić information content (AvgIpc) is 3.34. The molecule has 1 aliphatic carbocycles. The summed E-state index contributed by atoms with van der Waals surface area (Å²) in [5.74, 6) is -0.645. The number of nitrogens with zero attached hydrogens (tertiary/aromatic N) is 1. The Morgan fingerprint density at radius 1 is 1.16 bits per heavy atom. The maximum absolute atomic E-state index is 12.3.